The van der Waals surface area contributed by atoms with Crippen LogP contribution in [0, 0.1) is 9.39 Å². The normalized spacial score (nSPS) is 12.4. The molecule has 0 radical (unpaired) electrons. The fourth-order valence-corrected chi connectivity index (χ4v) is 2.90. The minimum absolute atomic E-state index is 0.160. The van der Waals surface area contributed by atoms with Crippen LogP contribution in [-0.4, -0.2) is 11.5 Å². The zero-order valence-corrected chi connectivity index (χ0v) is 12.9. The largest absolute Gasteiger partial charge is 0.310 e. The number of halogens is 2. The van der Waals surface area contributed by atoms with Gasteiger partial charge in [0.05, 0.1) is 0 Å². The molecule has 1 atom stereocenters. The van der Waals surface area contributed by atoms with E-state index < -0.39 is 0 Å². The van der Waals surface area contributed by atoms with Crippen molar-refractivity contribution < 1.29 is 4.39 Å². The summed E-state index contributed by atoms with van der Waals surface area (Å²) in [5.41, 5.74) is 2.16. The zero-order valence-electron chi connectivity index (χ0n) is 10.7. The number of likely N-dealkylation sites (N-methyl/N-ethyl adjacent to an activating group) is 1. The minimum atomic E-state index is -0.193. The van der Waals surface area contributed by atoms with Crippen molar-refractivity contribution in [3.05, 3.63) is 63.2 Å². The van der Waals surface area contributed by atoms with Crippen LogP contribution in [0.5, 0.6) is 0 Å². The summed E-state index contributed by atoms with van der Waals surface area (Å²) in [6.07, 6.45) is 2.60. The molecule has 2 rings (SSSR count). The van der Waals surface area contributed by atoms with E-state index in [4.69, 9.17) is 0 Å². The van der Waals surface area contributed by atoms with Crippen LogP contribution in [0.1, 0.15) is 24.2 Å². The van der Waals surface area contributed by atoms with Gasteiger partial charge < -0.3 is 5.32 Å². The van der Waals surface area contributed by atoms with E-state index in [1.54, 1.807) is 12.3 Å². The van der Waals surface area contributed by atoms with E-state index in [0.29, 0.717) is 0 Å². The Morgan fingerprint density at radius 1 is 1.32 bits per heavy atom. The Morgan fingerprint density at radius 2 is 2.16 bits per heavy atom. The molecular formula is C15H16FIN2. The Morgan fingerprint density at radius 3 is 2.79 bits per heavy atom. The highest BCUT2D eigenvalue weighted by Gasteiger charge is 2.15. The molecule has 0 saturated carbocycles. The highest BCUT2D eigenvalue weighted by atomic mass is 127. The third-order valence-electron chi connectivity index (χ3n) is 2.93. The highest BCUT2D eigenvalue weighted by Crippen LogP contribution is 2.23. The van der Waals surface area contributed by atoms with Gasteiger partial charge in [-0.25, -0.2) is 4.39 Å². The lowest BCUT2D eigenvalue weighted by atomic mass is 10.0. The van der Waals surface area contributed by atoms with Crippen LogP contribution in [0.25, 0.3) is 0 Å². The number of nitrogens with one attached hydrogen (secondary N) is 1. The number of benzene rings is 1. The molecule has 0 saturated heterocycles. The molecule has 0 aliphatic rings. The Bertz CT molecular complexity index is 531. The summed E-state index contributed by atoms with van der Waals surface area (Å²) in [5.74, 6) is -0.193. The summed E-state index contributed by atoms with van der Waals surface area (Å²) in [4.78, 5) is 4.36. The van der Waals surface area contributed by atoms with Crippen LogP contribution < -0.4 is 5.32 Å². The molecule has 4 heteroatoms. The second-order valence-corrected chi connectivity index (χ2v) is 5.46. The van der Waals surface area contributed by atoms with Crippen molar-refractivity contribution >= 4 is 22.6 Å². The first-order valence-corrected chi connectivity index (χ1v) is 7.37. The first-order chi connectivity index (χ1) is 9.20. The molecule has 100 valence electrons. The molecule has 1 heterocycles. The van der Waals surface area contributed by atoms with E-state index in [1.807, 2.05) is 24.3 Å². The Kier molecular flexibility index (Phi) is 5.27. The van der Waals surface area contributed by atoms with Gasteiger partial charge in [-0.3, -0.25) is 4.98 Å². The molecule has 0 bridgehead atoms. The van der Waals surface area contributed by atoms with E-state index in [-0.39, 0.29) is 11.9 Å². The standard InChI is InChI=1S/C15H16FIN2/c1-2-18-15(10-12-5-3-4-8-19-12)13-7-6-11(16)9-14(13)17/h3-9,15,18H,2,10H2,1H3. The molecule has 0 spiro atoms. The van der Waals surface area contributed by atoms with Crippen LogP contribution in [0.4, 0.5) is 4.39 Å². The molecule has 1 aromatic carbocycles. The number of rotatable bonds is 5. The maximum absolute atomic E-state index is 13.2. The Balaban J connectivity index is 2.24. The molecule has 0 amide bonds. The van der Waals surface area contributed by atoms with E-state index in [1.165, 1.54) is 6.07 Å². The molecule has 0 aliphatic carbocycles. The van der Waals surface area contributed by atoms with E-state index in [9.17, 15) is 4.39 Å². The monoisotopic (exact) mass is 370 g/mol. The molecule has 0 aliphatic heterocycles. The van der Waals surface area contributed by atoms with Crippen LogP contribution in [0.2, 0.25) is 0 Å². The van der Waals surface area contributed by atoms with Crippen molar-refractivity contribution in [3.8, 4) is 0 Å². The fourth-order valence-electron chi connectivity index (χ4n) is 2.05. The predicted molar refractivity (Wildman–Crippen MR) is 83.5 cm³/mol. The van der Waals surface area contributed by atoms with Gasteiger partial charge in [-0.2, -0.15) is 0 Å². The van der Waals surface area contributed by atoms with Crippen molar-refractivity contribution in [2.75, 3.05) is 6.54 Å². The number of hydrogen-bond donors (Lipinski definition) is 1. The molecule has 2 aromatic rings. The molecule has 2 nitrogen and oxygen atoms in total. The van der Waals surface area contributed by atoms with Crippen LogP contribution >= 0.6 is 22.6 Å². The van der Waals surface area contributed by atoms with Crippen LogP contribution in [0.15, 0.2) is 42.6 Å². The second-order valence-electron chi connectivity index (χ2n) is 4.30. The van der Waals surface area contributed by atoms with Crippen molar-refractivity contribution in [3.63, 3.8) is 0 Å². The summed E-state index contributed by atoms with van der Waals surface area (Å²) >= 11 is 2.18. The van der Waals surface area contributed by atoms with Gasteiger partial charge in [0.25, 0.3) is 0 Å². The van der Waals surface area contributed by atoms with Gasteiger partial charge in [-0.15, -0.1) is 0 Å². The molecule has 1 aromatic heterocycles. The predicted octanol–water partition coefficient (Wildman–Crippen LogP) is 3.72. The van der Waals surface area contributed by atoms with Gasteiger partial charge >= 0.3 is 0 Å². The molecule has 0 fully saturated rings. The van der Waals surface area contributed by atoms with Crippen molar-refractivity contribution in [1.29, 1.82) is 0 Å². The summed E-state index contributed by atoms with van der Waals surface area (Å²) in [5, 5.41) is 3.44. The van der Waals surface area contributed by atoms with Crippen molar-refractivity contribution in [2.24, 2.45) is 0 Å². The maximum Gasteiger partial charge on any atom is 0.124 e. The lowest BCUT2D eigenvalue weighted by molar-refractivity contribution is 0.539. The van der Waals surface area contributed by atoms with Gasteiger partial charge in [-0.05, 0) is 59.0 Å². The number of nitrogens with zero attached hydrogens (tertiary/aromatic N) is 1. The average molecular weight is 370 g/mol. The van der Waals surface area contributed by atoms with Gasteiger partial charge in [0.1, 0.15) is 5.82 Å². The van der Waals surface area contributed by atoms with Gasteiger partial charge in [-0.1, -0.05) is 19.1 Å². The SMILES string of the molecule is CCNC(Cc1ccccn1)c1ccc(F)cc1I. The third kappa shape index (κ3) is 3.98. The van der Waals surface area contributed by atoms with Crippen molar-refractivity contribution in [2.45, 2.75) is 19.4 Å². The van der Waals surface area contributed by atoms with Crippen molar-refractivity contribution in [1.82, 2.24) is 10.3 Å². The molecular weight excluding hydrogens is 354 g/mol. The van der Waals surface area contributed by atoms with Gasteiger partial charge in [0.2, 0.25) is 0 Å². The molecule has 19 heavy (non-hydrogen) atoms. The third-order valence-corrected chi connectivity index (χ3v) is 3.86. The summed E-state index contributed by atoms with van der Waals surface area (Å²) in [6, 6.07) is 11.0. The lowest BCUT2D eigenvalue weighted by Crippen LogP contribution is -2.24. The lowest BCUT2D eigenvalue weighted by Gasteiger charge is -2.19. The van der Waals surface area contributed by atoms with Gasteiger partial charge in [0.15, 0.2) is 0 Å². The zero-order chi connectivity index (χ0) is 13.7. The van der Waals surface area contributed by atoms with E-state index >= 15 is 0 Å². The number of pyridine rings is 1. The number of aromatic nitrogens is 1. The molecule has 1 N–H and O–H groups in total. The summed E-state index contributed by atoms with van der Waals surface area (Å²) < 4.78 is 14.1. The summed E-state index contributed by atoms with van der Waals surface area (Å²) in [6.45, 7) is 2.94. The Labute approximate surface area is 126 Å². The average Bonchev–Trinajstić information content (AvgIpc) is 2.39. The van der Waals surface area contributed by atoms with E-state index in [0.717, 1.165) is 27.8 Å². The Hall–Kier alpha value is -1.01. The van der Waals surface area contributed by atoms with Gasteiger partial charge in [0, 0.05) is 27.9 Å². The second kappa shape index (κ2) is 6.96. The van der Waals surface area contributed by atoms with E-state index in [2.05, 4.69) is 39.8 Å². The quantitative estimate of drug-likeness (QED) is 0.812. The highest BCUT2D eigenvalue weighted by molar-refractivity contribution is 14.1. The smallest absolute Gasteiger partial charge is 0.124 e. The first kappa shape index (κ1) is 14.4. The first-order valence-electron chi connectivity index (χ1n) is 6.29. The maximum atomic E-state index is 13.2. The summed E-state index contributed by atoms with van der Waals surface area (Å²) in [7, 11) is 0. The fraction of sp³-hybridized carbons (Fsp3) is 0.267. The topological polar surface area (TPSA) is 24.9 Å². The number of hydrogen-bond acceptors (Lipinski definition) is 2. The van der Waals surface area contributed by atoms with Crippen LogP contribution in [-0.2, 0) is 6.42 Å². The molecule has 1 unspecified atom stereocenters. The minimum Gasteiger partial charge on any atom is -0.310 e. The van der Waals surface area contributed by atoms with Crippen LogP contribution in [0.3, 0.4) is 0 Å².